The largest absolute Gasteiger partial charge is 0.507 e. The molecule has 0 aliphatic carbocycles. The van der Waals surface area contributed by atoms with Crippen LogP contribution in [-0.4, -0.2) is 54.5 Å². The number of thiophene rings is 1. The van der Waals surface area contributed by atoms with Gasteiger partial charge in [0, 0.05) is 23.9 Å². The summed E-state index contributed by atoms with van der Waals surface area (Å²) in [4.78, 5) is 18.4. The van der Waals surface area contributed by atoms with Gasteiger partial charge >= 0.3 is 0 Å². The van der Waals surface area contributed by atoms with Crippen LogP contribution in [0.3, 0.4) is 0 Å². The minimum Gasteiger partial charge on any atom is -0.507 e. The number of carbonyl (C=O) groups is 1. The zero-order valence-electron chi connectivity index (χ0n) is 19.6. The molecular formula is C24H36N2O5S. The maximum atomic E-state index is 11.1. The van der Waals surface area contributed by atoms with E-state index in [1.54, 1.807) is 29.4 Å². The van der Waals surface area contributed by atoms with Gasteiger partial charge in [-0.1, -0.05) is 62.0 Å². The van der Waals surface area contributed by atoms with E-state index in [1.165, 1.54) is 10.5 Å². The van der Waals surface area contributed by atoms with E-state index in [0.717, 1.165) is 10.8 Å². The SMILES string of the molecule is CC.CCN(C)C(=O)COCCONO.Cc1cccs1.Oc1cccc2ccccc12. The minimum atomic E-state index is -0.0699. The molecular weight excluding hydrogens is 428 g/mol. The fraction of sp³-hybridized carbons (Fsp3) is 0.375. The lowest BCUT2D eigenvalue weighted by molar-refractivity contribution is -0.145. The van der Waals surface area contributed by atoms with Gasteiger partial charge in [-0.15, -0.1) is 11.3 Å². The summed E-state index contributed by atoms with van der Waals surface area (Å²) in [6, 6.07) is 17.4. The van der Waals surface area contributed by atoms with Gasteiger partial charge in [0.25, 0.3) is 0 Å². The molecule has 178 valence electrons. The van der Waals surface area contributed by atoms with Crippen molar-refractivity contribution in [3.8, 4) is 5.75 Å². The normalized spacial score (nSPS) is 9.44. The number of benzene rings is 2. The molecule has 3 aromatic rings. The maximum absolute atomic E-state index is 11.1. The Morgan fingerprint density at radius 3 is 2.28 bits per heavy atom. The lowest BCUT2D eigenvalue weighted by Gasteiger charge is -2.13. The first kappa shape index (κ1) is 29.5. The summed E-state index contributed by atoms with van der Waals surface area (Å²) in [5, 5.41) is 21.4. The number of hydrogen-bond donors (Lipinski definition) is 3. The van der Waals surface area contributed by atoms with Crippen LogP contribution in [-0.2, 0) is 14.4 Å². The first-order valence-corrected chi connectivity index (χ1v) is 11.4. The number of rotatable bonds is 7. The molecule has 0 atom stereocenters. The molecule has 2 aromatic carbocycles. The van der Waals surface area contributed by atoms with Gasteiger partial charge in [0.1, 0.15) is 12.4 Å². The van der Waals surface area contributed by atoms with Crippen LogP contribution in [0.4, 0.5) is 0 Å². The van der Waals surface area contributed by atoms with Gasteiger partial charge in [0.05, 0.1) is 13.2 Å². The van der Waals surface area contributed by atoms with E-state index in [-0.39, 0.29) is 25.7 Å². The second-order valence-electron chi connectivity index (χ2n) is 6.12. The second kappa shape index (κ2) is 19.2. The van der Waals surface area contributed by atoms with Crippen LogP contribution in [0.25, 0.3) is 10.8 Å². The lowest BCUT2D eigenvalue weighted by atomic mass is 10.1. The molecule has 0 bridgehead atoms. The highest BCUT2D eigenvalue weighted by Crippen LogP contribution is 2.22. The number of nitrogens with one attached hydrogen (secondary N) is 1. The summed E-state index contributed by atoms with van der Waals surface area (Å²) in [7, 11) is 1.71. The Balaban J connectivity index is 0.000000455. The van der Waals surface area contributed by atoms with E-state index < -0.39 is 0 Å². The highest BCUT2D eigenvalue weighted by molar-refractivity contribution is 7.09. The molecule has 0 aliphatic rings. The second-order valence-corrected chi connectivity index (χ2v) is 7.27. The van der Waals surface area contributed by atoms with Crippen LogP contribution in [0, 0.1) is 6.92 Å². The average molecular weight is 465 g/mol. The van der Waals surface area contributed by atoms with Crippen LogP contribution < -0.4 is 5.64 Å². The summed E-state index contributed by atoms with van der Waals surface area (Å²) >= 11 is 1.78. The number of aromatic hydroxyl groups is 1. The van der Waals surface area contributed by atoms with Crippen molar-refractivity contribution in [2.24, 2.45) is 0 Å². The first-order chi connectivity index (χ1) is 15.5. The van der Waals surface area contributed by atoms with Crippen LogP contribution in [0.5, 0.6) is 5.75 Å². The van der Waals surface area contributed by atoms with Crippen molar-refractivity contribution in [1.82, 2.24) is 10.5 Å². The molecule has 0 unspecified atom stereocenters. The molecule has 0 aliphatic heterocycles. The first-order valence-electron chi connectivity index (χ1n) is 10.5. The molecule has 0 saturated heterocycles. The Hall–Kier alpha value is -2.49. The van der Waals surface area contributed by atoms with Gasteiger partial charge in [-0.05, 0) is 36.7 Å². The van der Waals surface area contributed by atoms with Gasteiger partial charge in [0.15, 0.2) is 0 Å². The molecule has 3 N–H and O–H groups in total. The number of phenols is 1. The third-order valence-corrected chi connectivity index (χ3v) is 4.75. The standard InChI is InChI=1S/C10H8O.C7H16N2O4.C5H6S.C2H6/c11-10-7-3-5-8-4-1-2-6-9(8)10;1-3-9(2)7(10)6-12-4-5-13-8-11;1-5-3-2-4-6-5;1-2/h1-7,11H;8,11H,3-6H2,1-2H3;2-4H,1H3;1-2H3. The molecule has 7 nitrogen and oxygen atoms in total. The number of phenolic OH excluding ortho intramolecular Hbond substituents is 1. The van der Waals surface area contributed by atoms with E-state index in [9.17, 15) is 9.90 Å². The Morgan fingerprint density at radius 1 is 1.06 bits per heavy atom. The number of carbonyl (C=O) groups excluding carboxylic acids is 1. The van der Waals surface area contributed by atoms with Gasteiger partial charge in [0.2, 0.25) is 5.91 Å². The van der Waals surface area contributed by atoms with Crippen molar-refractivity contribution < 1.29 is 24.7 Å². The highest BCUT2D eigenvalue weighted by atomic mass is 32.1. The maximum Gasteiger partial charge on any atom is 0.248 e. The molecule has 32 heavy (non-hydrogen) atoms. The predicted molar refractivity (Wildman–Crippen MR) is 131 cm³/mol. The fourth-order valence-corrected chi connectivity index (χ4v) is 2.69. The Bertz CT molecular complexity index is 838. The topological polar surface area (TPSA) is 91.3 Å². The molecule has 0 saturated carbocycles. The number of fused-ring (bicyclic) bond motifs is 1. The summed E-state index contributed by atoms with van der Waals surface area (Å²) in [6.45, 7) is 9.15. The van der Waals surface area contributed by atoms with Crippen molar-refractivity contribution in [2.75, 3.05) is 33.4 Å². The van der Waals surface area contributed by atoms with Gasteiger partial charge in [-0.3, -0.25) is 14.8 Å². The third kappa shape index (κ3) is 13.0. The molecule has 0 fully saturated rings. The summed E-state index contributed by atoms with van der Waals surface area (Å²) in [5.74, 6) is 0.280. The predicted octanol–water partition coefficient (Wildman–Crippen LogP) is 5.02. The zero-order valence-corrected chi connectivity index (χ0v) is 20.4. The number of nitrogens with zero attached hydrogens (tertiary/aromatic N) is 1. The van der Waals surface area contributed by atoms with E-state index in [0.29, 0.717) is 12.3 Å². The van der Waals surface area contributed by atoms with Crippen molar-refractivity contribution in [2.45, 2.75) is 27.7 Å². The zero-order chi connectivity index (χ0) is 24.2. The van der Waals surface area contributed by atoms with Gasteiger partial charge in [-0.2, -0.15) is 0 Å². The van der Waals surface area contributed by atoms with Crippen molar-refractivity contribution >= 4 is 28.0 Å². The van der Waals surface area contributed by atoms with Crippen LogP contribution in [0.1, 0.15) is 25.6 Å². The van der Waals surface area contributed by atoms with Crippen molar-refractivity contribution in [1.29, 1.82) is 0 Å². The lowest BCUT2D eigenvalue weighted by Crippen LogP contribution is -2.30. The van der Waals surface area contributed by atoms with Crippen LogP contribution in [0.2, 0.25) is 0 Å². The highest BCUT2D eigenvalue weighted by Gasteiger charge is 2.05. The van der Waals surface area contributed by atoms with E-state index in [1.807, 2.05) is 57.2 Å². The number of likely N-dealkylation sites (N-methyl/N-ethyl adjacent to an activating group) is 1. The monoisotopic (exact) mass is 464 g/mol. The quantitative estimate of drug-likeness (QED) is 0.336. The summed E-state index contributed by atoms with van der Waals surface area (Å²) in [5.41, 5.74) is 1.51. The van der Waals surface area contributed by atoms with Crippen LogP contribution >= 0.6 is 11.3 Å². The van der Waals surface area contributed by atoms with Crippen LogP contribution in [0.15, 0.2) is 60.0 Å². The van der Waals surface area contributed by atoms with E-state index in [2.05, 4.69) is 29.3 Å². The van der Waals surface area contributed by atoms with Gasteiger partial charge in [-0.25, -0.2) is 0 Å². The molecule has 1 aromatic heterocycles. The molecule has 3 rings (SSSR count). The average Bonchev–Trinajstić information content (AvgIpc) is 3.31. The Kier molecular flexibility index (Phi) is 17.7. The molecule has 1 amide bonds. The van der Waals surface area contributed by atoms with E-state index in [4.69, 9.17) is 9.94 Å². The number of ether oxygens (including phenoxy) is 1. The molecule has 0 spiro atoms. The third-order valence-electron chi connectivity index (χ3n) is 3.95. The molecule has 8 heteroatoms. The number of hydrogen-bond acceptors (Lipinski definition) is 7. The number of amides is 1. The Morgan fingerprint density at radius 2 is 1.75 bits per heavy atom. The number of aryl methyl sites for hydroxylation is 1. The van der Waals surface area contributed by atoms with E-state index >= 15 is 0 Å². The fourth-order valence-electron chi connectivity index (χ4n) is 2.16. The minimum absolute atomic E-state index is 0.0408. The Labute approximate surface area is 195 Å². The van der Waals surface area contributed by atoms with Crippen molar-refractivity contribution in [3.05, 3.63) is 64.9 Å². The van der Waals surface area contributed by atoms with Gasteiger partial charge < -0.3 is 14.7 Å². The summed E-state index contributed by atoms with van der Waals surface area (Å²) < 4.78 is 4.95. The summed E-state index contributed by atoms with van der Waals surface area (Å²) in [6.07, 6.45) is 0. The molecule has 1 heterocycles. The smallest absolute Gasteiger partial charge is 0.248 e. The van der Waals surface area contributed by atoms with Crippen molar-refractivity contribution in [3.63, 3.8) is 0 Å². The molecule has 0 radical (unpaired) electrons.